The molecule has 0 fully saturated rings. The topological polar surface area (TPSA) is 43.4 Å². The van der Waals surface area contributed by atoms with Crippen LogP contribution in [-0.4, -0.2) is 33.1 Å². The lowest BCUT2D eigenvalue weighted by atomic mass is 9.33. The van der Waals surface area contributed by atoms with Crippen molar-refractivity contribution in [2.45, 2.75) is 119 Å². The molecular formula is C54H61BN2O4S. The van der Waals surface area contributed by atoms with E-state index in [4.69, 9.17) is 18.9 Å². The molecule has 5 heterocycles. The Morgan fingerprint density at radius 1 is 0.516 bits per heavy atom. The van der Waals surface area contributed by atoms with Crippen LogP contribution in [-0.2, 0) is 16.2 Å². The predicted octanol–water partition coefficient (Wildman–Crippen LogP) is 12.4. The number of nitrogens with zero attached hydrogens (tertiary/aromatic N) is 2. The maximum Gasteiger partial charge on any atom is 0.254 e. The zero-order valence-corrected chi connectivity index (χ0v) is 39.8. The molecule has 0 bridgehead atoms. The SMILES string of the molecule is Cc1cc(C(C)(C)C)cc(C)c1N1c2cc3c(cc2B2c4c1cc(C(C)(C)C)cc4N(c1c(C)cc4c(c1C)OCCCO4)c1sc4ccc(C(C)(C)C)cc4c12)OCCCO3. The molecule has 1 aromatic heterocycles. The van der Waals surface area contributed by atoms with Crippen molar-refractivity contribution < 1.29 is 18.9 Å². The van der Waals surface area contributed by atoms with Crippen molar-refractivity contribution >= 4 is 78.0 Å². The molecule has 0 aliphatic carbocycles. The molecule has 0 saturated heterocycles. The fourth-order valence-electron chi connectivity index (χ4n) is 10.2. The summed E-state index contributed by atoms with van der Waals surface area (Å²) in [5.74, 6) is 3.31. The van der Waals surface area contributed by atoms with Gasteiger partial charge in [-0.25, -0.2) is 0 Å². The van der Waals surface area contributed by atoms with Crippen LogP contribution in [0.1, 0.15) is 114 Å². The van der Waals surface area contributed by atoms with E-state index in [1.807, 2.05) is 11.3 Å². The van der Waals surface area contributed by atoms with Gasteiger partial charge in [-0.05, 0) is 129 Å². The van der Waals surface area contributed by atoms with Crippen LogP contribution in [0.2, 0.25) is 0 Å². The lowest BCUT2D eigenvalue weighted by Gasteiger charge is -2.45. The van der Waals surface area contributed by atoms with E-state index >= 15 is 0 Å². The Morgan fingerprint density at radius 2 is 1.06 bits per heavy atom. The molecule has 0 saturated carbocycles. The predicted molar refractivity (Wildman–Crippen MR) is 262 cm³/mol. The van der Waals surface area contributed by atoms with Gasteiger partial charge in [0.05, 0.1) is 42.8 Å². The summed E-state index contributed by atoms with van der Waals surface area (Å²) in [5.41, 5.74) is 18.3. The Morgan fingerprint density at radius 3 is 1.69 bits per heavy atom. The van der Waals surface area contributed by atoms with Crippen LogP contribution in [0, 0.1) is 27.7 Å². The van der Waals surface area contributed by atoms with Gasteiger partial charge in [0.15, 0.2) is 23.0 Å². The monoisotopic (exact) mass is 844 g/mol. The molecule has 0 N–H and O–H groups in total. The van der Waals surface area contributed by atoms with Gasteiger partial charge >= 0.3 is 0 Å². The molecule has 10 rings (SSSR count). The molecule has 0 spiro atoms. The van der Waals surface area contributed by atoms with Crippen LogP contribution in [0.5, 0.6) is 23.0 Å². The Balaban J connectivity index is 1.38. The molecule has 6 nitrogen and oxygen atoms in total. The van der Waals surface area contributed by atoms with Gasteiger partial charge in [-0.1, -0.05) is 86.6 Å². The van der Waals surface area contributed by atoms with Gasteiger partial charge in [-0.15, -0.1) is 11.3 Å². The number of aryl methyl sites for hydroxylation is 3. The van der Waals surface area contributed by atoms with E-state index in [-0.39, 0.29) is 23.0 Å². The lowest BCUT2D eigenvalue weighted by Crippen LogP contribution is -2.61. The first-order valence-electron chi connectivity index (χ1n) is 22.6. The zero-order chi connectivity index (χ0) is 43.8. The molecule has 6 aromatic rings. The minimum atomic E-state index is -0.152. The molecule has 0 amide bonds. The summed E-state index contributed by atoms with van der Waals surface area (Å²) in [6.07, 6.45) is 1.70. The van der Waals surface area contributed by atoms with Crippen LogP contribution < -0.4 is 45.1 Å². The standard InChI is InChI=1S/C54H61BN2O4S/c1-30-22-35(53(8,9)10)23-31(2)48(30)56-39-29-43-42(58-18-14-19-59-43)28-38(39)55-46-37-25-34(52(5,6)7)16-17-45(37)62-51(46)57(41-27-36(54(11,12)13)26-40(56)47(41)55)49-32(3)24-44-50(33(49)4)61-21-15-20-60-44/h16-17,22-29H,14-15,18-21H2,1-13H3. The molecule has 4 aliphatic rings. The first kappa shape index (κ1) is 41.0. The van der Waals surface area contributed by atoms with Crippen molar-refractivity contribution in [1.82, 2.24) is 0 Å². The fraction of sp³-hybridized carbons (Fsp3) is 0.407. The summed E-state index contributed by atoms with van der Waals surface area (Å²) in [5, 5.41) is 2.55. The summed E-state index contributed by atoms with van der Waals surface area (Å²) in [6, 6.07) is 23.8. The van der Waals surface area contributed by atoms with Crippen molar-refractivity contribution in [2.75, 3.05) is 36.2 Å². The number of fused-ring (bicyclic) bond motifs is 8. The highest BCUT2D eigenvalue weighted by molar-refractivity contribution is 7.26. The normalized spacial score (nSPS) is 15.9. The summed E-state index contributed by atoms with van der Waals surface area (Å²) in [4.78, 5) is 5.19. The molecule has 0 atom stereocenters. The molecule has 0 unspecified atom stereocenters. The highest BCUT2D eigenvalue weighted by Crippen LogP contribution is 2.54. The Kier molecular flexibility index (Phi) is 9.40. The number of hydrogen-bond donors (Lipinski definition) is 0. The van der Waals surface area contributed by atoms with Crippen molar-refractivity contribution in [1.29, 1.82) is 0 Å². The Hall–Kier alpha value is -5.08. The number of rotatable bonds is 2. The number of benzene rings is 5. The van der Waals surface area contributed by atoms with Crippen molar-refractivity contribution in [2.24, 2.45) is 0 Å². The van der Waals surface area contributed by atoms with Crippen molar-refractivity contribution in [3.63, 3.8) is 0 Å². The first-order valence-corrected chi connectivity index (χ1v) is 23.4. The minimum absolute atomic E-state index is 0.00789. The van der Waals surface area contributed by atoms with Crippen LogP contribution in [0.4, 0.5) is 33.4 Å². The van der Waals surface area contributed by atoms with Crippen LogP contribution in [0.25, 0.3) is 10.1 Å². The van der Waals surface area contributed by atoms with Gasteiger partial charge in [-0.2, -0.15) is 0 Å². The average molecular weight is 845 g/mol. The van der Waals surface area contributed by atoms with Crippen LogP contribution >= 0.6 is 11.3 Å². The second-order valence-corrected chi connectivity index (χ2v) is 22.3. The summed E-state index contributed by atoms with van der Waals surface area (Å²) < 4.78 is 27.3. The zero-order valence-electron chi connectivity index (χ0n) is 39.0. The fourth-order valence-corrected chi connectivity index (χ4v) is 11.5. The van der Waals surface area contributed by atoms with Gasteiger partial charge in [-0.3, -0.25) is 0 Å². The molecule has 4 aliphatic heterocycles. The van der Waals surface area contributed by atoms with Gasteiger partial charge < -0.3 is 28.7 Å². The number of hydrogen-bond acceptors (Lipinski definition) is 7. The van der Waals surface area contributed by atoms with Gasteiger partial charge in [0, 0.05) is 46.2 Å². The van der Waals surface area contributed by atoms with Gasteiger partial charge in [0.25, 0.3) is 6.71 Å². The highest BCUT2D eigenvalue weighted by Gasteiger charge is 2.48. The number of anilines is 6. The third-order valence-electron chi connectivity index (χ3n) is 13.5. The van der Waals surface area contributed by atoms with E-state index in [0.717, 1.165) is 58.3 Å². The molecular weight excluding hydrogens is 783 g/mol. The van der Waals surface area contributed by atoms with Gasteiger partial charge in [0.1, 0.15) is 0 Å². The quantitative estimate of drug-likeness (QED) is 0.162. The summed E-state index contributed by atoms with van der Waals surface area (Å²) >= 11 is 1.90. The Bertz CT molecular complexity index is 2810. The van der Waals surface area contributed by atoms with Crippen LogP contribution in [0.3, 0.4) is 0 Å². The first-order chi connectivity index (χ1) is 29.3. The number of thiophene rings is 1. The summed E-state index contributed by atoms with van der Waals surface area (Å²) in [7, 11) is 0. The maximum absolute atomic E-state index is 6.58. The van der Waals surface area contributed by atoms with Crippen molar-refractivity contribution in [3.8, 4) is 23.0 Å². The molecule has 0 radical (unpaired) electrons. The smallest absolute Gasteiger partial charge is 0.254 e. The van der Waals surface area contributed by atoms with E-state index in [2.05, 4.69) is 160 Å². The highest BCUT2D eigenvalue weighted by atomic mass is 32.1. The second-order valence-electron chi connectivity index (χ2n) is 21.2. The van der Waals surface area contributed by atoms with E-state index in [9.17, 15) is 0 Å². The average Bonchev–Trinajstić information content (AvgIpc) is 3.30. The van der Waals surface area contributed by atoms with Crippen molar-refractivity contribution in [3.05, 3.63) is 99.6 Å². The van der Waals surface area contributed by atoms with Gasteiger partial charge in [0.2, 0.25) is 0 Å². The third kappa shape index (κ3) is 6.40. The van der Waals surface area contributed by atoms with E-state index in [0.29, 0.717) is 26.4 Å². The third-order valence-corrected chi connectivity index (χ3v) is 14.7. The summed E-state index contributed by atoms with van der Waals surface area (Å²) in [6.45, 7) is 32.4. The Labute approximate surface area is 373 Å². The van der Waals surface area contributed by atoms with E-state index < -0.39 is 0 Å². The molecule has 5 aromatic carbocycles. The van der Waals surface area contributed by atoms with Crippen LogP contribution in [0.15, 0.2) is 60.7 Å². The lowest BCUT2D eigenvalue weighted by molar-refractivity contribution is 0.296. The number of ether oxygens (including phenoxy) is 4. The molecule has 62 heavy (non-hydrogen) atoms. The largest absolute Gasteiger partial charge is 0.490 e. The molecule has 8 heteroatoms. The van der Waals surface area contributed by atoms with E-state index in [1.165, 1.54) is 76.4 Å². The minimum Gasteiger partial charge on any atom is -0.490 e. The molecule has 320 valence electrons. The van der Waals surface area contributed by atoms with E-state index in [1.54, 1.807) is 0 Å². The maximum atomic E-state index is 6.58. The second kappa shape index (κ2) is 14.2.